The van der Waals surface area contributed by atoms with E-state index in [1.807, 2.05) is 30.0 Å². The number of carbonyl (C=O) groups is 1. The van der Waals surface area contributed by atoms with Crippen molar-refractivity contribution in [2.45, 2.75) is 44.8 Å². The second-order valence-corrected chi connectivity index (χ2v) is 7.44. The van der Waals surface area contributed by atoms with Crippen LogP contribution < -0.4 is 0 Å². The summed E-state index contributed by atoms with van der Waals surface area (Å²) in [6.07, 6.45) is 3.13. The first-order valence-electron chi connectivity index (χ1n) is 9.71. The van der Waals surface area contributed by atoms with Crippen LogP contribution in [0, 0.1) is 0 Å². The van der Waals surface area contributed by atoms with Gasteiger partial charge < -0.3 is 14.2 Å². The third-order valence-electron chi connectivity index (χ3n) is 5.50. The summed E-state index contributed by atoms with van der Waals surface area (Å²) in [4.78, 5) is 20.9. The van der Waals surface area contributed by atoms with Gasteiger partial charge in [-0.3, -0.25) is 4.90 Å². The standard InChI is InChI=1S/C20H26N4O3/c1-2-18-21-17(22-27-18)14-23-12-9-20(10-13-23)15-24(19(25)26-20)11-8-16-6-4-3-5-7-16/h3-7H,2,8-15H2,1H3. The number of nitrogens with zero attached hydrogens (tertiary/aromatic N) is 4. The molecule has 2 saturated heterocycles. The van der Waals surface area contributed by atoms with E-state index in [4.69, 9.17) is 9.26 Å². The number of benzene rings is 1. The summed E-state index contributed by atoms with van der Waals surface area (Å²) in [7, 11) is 0. The Hall–Kier alpha value is -2.41. The van der Waals surface area contributed by atoms with Crippen LogP contribution in [-0.4, -0.2) is 57.8 Å². The van der Waals surface area contributed by atoms with Crippen molar-refractivity contribution in [1.82, 2.24) is 19.9 Å². The molecule has 0 aliphatic carbocycles. The summed E-state index contributed by atoms with van der Waals surface area (Å²) in [5.41, 5.74) is 0.906. The van der Waals surface area contributed by atoms with Crippen LogP contribution in [0.4, 0.5) is 4.79 Å². The van der Waals surface area contributed by atoms with Gasteiger partial charge in [-0.05, 0) is 12.0 Å². The van der Waals surface area contributed by atoms with Crippen LogP contribution in [0.15, 0.2) is 34.9 Å². The van der Waals surface area contributed by atoms with Crippen molar-refractivity contribution >= 4 is 6.09 Å². The maximum absolute atomic E-state index is 12.3. The van der Waals surface area contributed by atoms with Gasteiger partial charge in [0.1, 0.15) is 5.60 Å². The molecular formula is C20H26N4O3. The minimum atomic E-state index is -0.337. The molecule has 27 heavy (non-hydrogen) atoms. The average Bonchev–Trinajstić information content (AvgIpc) is 3.27. The number of rotatable bonds is 6. The molecule has 0 bridgehead atoms. The van der Waals surface area contributed by atoms with Crippen LogP contribution in [-0.2, 0) is 24.1 Å². The Labute approximate surface area is 159 Å². The highest BCUT2D eigenvalue weighted by Gasteiger charge is 2.46. The molecule has 7 heteroatoms. The van der Waals surface area contributed by atoms with Crippen molar-refractivity contribution < 1.29 is 14.1 Å². The minimum Gasteiger partial charge on any atom is -0.441 e. The SMILES string of the molecule is CCc1nc(CN2CCC3(CC2)CN(CCc2ccccc2)C(=O)O3)no1. The average molecular weight is 370 g/mol. The quantitative estimate of drug-likeness (QED) is 0.778. The molecule has 144 valence electrons. The zero-order valence-corrected chi connectivity index (χ0v) is 15.8. The summed E-state index contributed by atoms with van der Waals surface area (Å²) in [5.74, 6) is 1.41. The number of hydrogen-bond acceptors (Lipinski definition) is 6. The molecule has 7 nitrogen and oxygen atoms in total. The van der Waals surface area contributed by atoms with Gasteiger partial charge in [0.25, 0.3) is 0 Å². The lowest BCUT2D eigenvalue weighted by molar-refractivity contribution is -0.00191. The van der Waals surface area contributed by atoms with E-state index in [-0.39, 0.29) is 11.7 Å². The molecule has 0 radical (unpaired) electrons. The van der Waals surface area contributed by atoms with Crippen LogP contribution in [0.25, 0.3) is 0 Å². The van der Waals surface area contributed by atoms with Crippen LogP contribution >= 0.6 is 0 Å². The third kappa shape index (κ3) is 4.13. The highest BCUT2D eigenvalue weighted by atomic mass is 16.6. The second-order valence-electron chi connectivity index (χ2n) is 7.44. The van der Waals surface area contributed by atoms with Gasteiger partial charge in [-0.2, -0.15) is 4.98 Å². The molecule has 2 fully saturated rings. The summed E-state index contributed by atoms with van der Waals surface area (Å²) in [5, 5.41) is 4.03. The van der Waals surface area contributed by atoms with Crippen LogP contribution in [0.3, 0.4) is 0 Å². The molecule has 1 aromatic carbocycles. The Morgan fingerprint density at radius 3 is 2.67 bits per heavy atom. The van der Waals surface area contributed by atoms with Crippen molar-refractivity contribution in [3.63, 3.8) is 0 Å². The third-order valence-corrected chi connectivity index (χ3v) is 5.50. The smallest absolute Gasteiger partial charge is 0.410 e. The van der Waals surface area contributed by atoms with E-state index in [1.165, 1.54) is 5.56 Å². The van der Waals surface area contributed by atoms with Crippen LogP contribution in [0.1, 0.15) is 37.0 Å². The molecule has 0 unspecified atom stereocenters. The predicted molar refractivity (Wildman–Crippen MR) is 99.1 cm³/mol. The molecule has 2 aliphatic heterocycles. The van der Waals surface area contributed by atoms with E-state index in [1.54, 1.807) is 0 Å². The number of likely N-dealkylation sites (tertiary alicyclic amines) is 1. The number of ether oxygens (including phenoxy) is 1. The molecule has 0 N–H and O–H groups in total. The number of amides is 1. The van der Waals surface area contributed by atoms with Crippen molar-refractivity contribution in [1.29, 1.82) is 0 Å². The Morgan fingerprint density at radius 2 is 1.96 bits per heavy atom. The molecule has 3 heterocycles. The lowest BCUT2D eigenvalue weighted by Crippen LogP contribution is -2.46. The van der Waals surface area contributed by atoms with Gasteiger partial charge in [0, 0.05) is 38.9 Å². The van der Waals surface area contributed by atoms with Crippen molar-refractivity contribution in [2.75, 3.05) is 26.2 Å². The van der Waals surface area contributed by atoms with Crippen molar-refractivity contribution in [3.8, 4) is 0 Å². The maximum atomic E-state index is 12.3. The lowest BCUT2D eigenvalue weighted by Gasteiger charge is -2.36. The van der Waals surface area contributed by atoms with Crippen molar-refractivity contribution in [3.05, 3.63) is 47.6 Å². The normalized spacial score (nSPS) is 19.6. The van der Waals surface area contributed by atoms with Gasteiger partial charge in [-0.15, -0.1) is 0 Å². The molecular weight excluding hydrogens is 344 g/mol. The molecule has 2 aliphatic rings. The van der Waals surface area contributed by atoms with Crippen LogP contribution in [0.2, 0.25) is 0 Å². The molecule has 0 atom stereocenters. The number of piperidine rings is 1. The lowest BCUT2D eigenvalue weighted by atomic mass is 9.91. The second kappa shape index (κ2) is 7.68. The Morgan fingerprint density at radius 1 is 1.19 bits per heavy atom. The fraction of sp³-hybridized carbons (Fsp3) is 0.550. The predicted octanol–water partition coefficient (Wildman–Crippen LogP) is 2.66. The number of carbonyl (C=O) groups excluding carboxylic acids is 1. The molecule has 1 aromatic heterocycles. The molecule has 2 aromatic rings. The molecule has 4 rings (SSSR count). The Bertz CT molecular complexity index is 769. The largest absolute Gasteiger partial charge is 0.441 e. The van der Waals surface area contributed by atoms with Gasteiger partial charge in [0.05, 0.1) is 13.1 Å². The fourth-order valence-corrected chi connectivity index (χ4v) is 3.85. The Kier molecular flexibility index (Phi) is 5.11. The van der Waals surface area contributed by atoms with E-state index >= 15 is 0 Å². The summed E-state index contributed by atoms with van der Waals surface area (Å²) in [6.45, 7) is 5.82. The van der Waals surface area contributed by atoms with Gasteiger partial charge in [-0.25, -0.2) is 4.79 Å². The Balaban J connectivity index is 1.28. The van der Waals surface area contributed by atoms with E-state index in [2.05, 4.69) is 27.2 Å². The van der Waals surface area contributed by atoms with E-state index in [0.717, 1.165) is 44.6 Å². The highest BCUT2D eigenvalue weighted by molar-refractivity contribution is 5.70. The highest BCUT2D eigenvalue weighted by Crippen LogP contribution is 2.33. The van der Waals surface area contributed by atoms with E-state index in [9.17, 15) is 4.79 Å². The van der Waals surface area contributed by atoms with Gasteiger partial charge >= 0.3 is 6.09 Å². The van der Waals surface area contributed by atoms with E-state index < -0.39 is 0 Å². The van der Waals surface area contributed by atoms with Gasteiger partial charge in [0.2, 0.25) is 5.89 Å². The first-order valence-corrected chi connectivity index (χ1v) is 9.71. The fourth-order valence-electron chi connectivity index (χ4n) is 3.85. The van der Waals surface area contributed by atoms with Gasteiger partial charge in [-0.1, -0.05) is 42.4 Å². The zero-order valence-electron chi connectivity index (χ0n) is 15.8. The molecule has 1 spiro atoms. The topological polar surface area (TPSA) is 71.7 Å². The number of aryl methyl sites for hydroxylation is 1. The summed E-state index contributed by atoms with van der Waals surface area (Å²) < 4.78 is 11.0. The van der Waals surface area contributed by atoms with Gasteiger partial charge in [0.15, 0.2) is 5.82 Å². The minimum absolute atomic E-state index is 0.176. The number of aromatic nitrogens is 2. The van der Waals surface area contributed by atoms with Crippen LogP contribution in [0.5, 0.6) is 0 Å². The number of hydrogen-bond donors (Lipinski definition) is 0. The van der Waals surface area contributed by atoms with Crippen molar-refractivity contribution in [2.24, 2.45) is 0 Å². The van der Waals surface area contributed by atoms with E-state index in [0.29, 0.717) is 25.5 Å². The first kappa shape index (κ1) is 18.0. The monoisotopic (exact) mass is 370 g/mol. The molecule has 0 saturated carbocycles. The zero-order chi connectivity index (χ0) is 18.7. The maximum Gasteiger partial charge on any atom is 0.410 e. The summed E-state index contributed by atoms with van der Waals surface area (Å²) in [6, 6.07) is 10.3. The molecule has 1 amide bonds. The summed E-state index contributed by atoms with van der Waals surface area (Å²) >= 11 is 0. The first-order chi connectivity index (χ1) is 13.2.